The molecule has 0 spiro atoms. The van der Waals surface area contributed by atoms with Crippen molar-refractivity contribution in [3.63, 3.8) is 0 Å². The molecular weight excluding hydrogens is 572 g/mol. The van der Waals surface area contributed by atoms with Gasteiger partial charge in [0.1, 0.15) is 12.1 Å². The van der Waals surface area contributed by atoms with E-state index >= 15 is 0 Å². The average Bonchev–Trinajstić information content (AvgIpc) is 3.37. The number of primary amides is 1. The van der Waals surface area contributed by atoms with Crippen LogP contribution in [0, 0.1) is 11.3 Å². The lowest BCUT2D eigenvalue weighted by atomic mass is 9.80. The summed E-state index contributed by atoms with van der Waals surface area (Å²) in [6, 6.07) is -3.71. The van der Waals surface area contributed by atoms with E-state index in [1.807, 2.05) is 62.3 Å². The van der Waals surface area contributed by atoms with Gasteiger partial charge >= 0.3 is 6.03 Å². The summed E-state index contributed by atoms with van der Waals surface area (Å²) in [7, 11) is 0. The van der Waals surface area contributed by atoms with Gasteiger partial charge in [-0.05, 0) is 69.7 Å². The maximum absolute atomic E-state index is 13.8. The number of nitrogens with one attached hydrogen (secondary N) is 3. The largest absolute Gasteiger partial charge is 0.363 e. The number of nitrogens with zero attached hydrogens (tertiary/aromatic N) is 2. The molecule has 0 aromatic rings. The fourth-order valence-electron chi connectivity index (χ4n) is 5.03. The fourth-order valence-corrected chi connectivity index (χ4v) is 5.91. The number of carbonyl (C=O) groups is 5. The maximum atomic E-state index is 13.8. The summed E-state index contributed by atoms with van der Waals surface area (Å²) in [5, 5.41) is 18.6. The Balaban J connectivity index is 0.00000452. The Bertz CT molecular complexity index is 962. The normalized spacial score (nSPS) is 19.3. The molecule has 2 rings (SSSR count). The molecule has 2 unspecified atom stereocenters. The first-order chi connectivity index (χ1) is 19.9. The SMILES string of the molecule is CC.CC[C@@H](CN(O)SC(C)(C)C)NC(=O)NC(C(=O)N1CCC[C@H]1C(=O)NC(CC1CCC1)C(=O)C(N)=O)C(C)(C)C. The molecule has 1 aliphatic heterocycles. The predicted molar refractivity (Wildman–Crippen MR) is 169 cm³/mol. The van der Waals surface area contributed by atoms with E-state index in [9.17, 15) is 29.2 Å². The number of likely N-dealkylation sites (tertiary alicyclic amines) is 1. The summed E-state index contributed by atoms with van der Waals surface area (Å²) in [5.74, 6) is -2.59. The van der Waals surface area contributed by atoms with E-state index in [1.165, 1.54) is 16.8 Å². The first-order valence-corrected chi connectivity index (χ1v) is 16.4. The van der Waals surface area contributed by atoms with Crippen molar-refractivity contribution in [3.8, 4) is 0 Å². The molecule has 0 aromatic heterocycles. The van der Waals surface area contributed by atoms with E-state index in [0.29, 0.717) is 32.2 Å². The smallest absolute Gasteiger partial charge is 0.315 e. The molecule has 12 nitrogen and oxygen atoms in total. The van der Waals surface area contributed by atoms with Crippen LogP contribution in [-0.4, -0.2) is 86.1 Å². The van der Waals surface area contributed by atoms with Gasteiger partial charge in [-0.1, -0.05) is 60.8 Å². The van der Waals surface area contributed by atoms with Crippen molar-refractivity contribution in [3.05, 3.63) is 0 Å². The molecule has 248 valence electrons. The third-order valence-electron chi connectivity index (χ3n) is 7.48. The summed E-state index contributed by atoms with van der Waals surface area (Å²) in [5.41, 5.74) is 4.56. The van der Waals surface area contributed by atoms with Crippen LogP contribution >= 0.6 is 11.9 Å². The Morgan fingerprint density at radius 1 is 0.977 bits per heavy atom. The van der Waals surface area contributed by atoms with E-state index in [-0.39, 0.29) is 23.3 Å². The van der Waals surface area contributed by atoms with Gasteiger partial charge in [0.2, 0.25) is 17.6 Å². The van der Waals surface area contributed by atoms with E-state index < -0.39 is 53.1 Å². The van der Waals surface area contributed by atoms with Crippen molar-refractivity contribution >= 4 is 41.5 Å². The number of amides is 5. The molecule has 2 fully saturated rings. The van der Waals surface area contributed by atoms with Crippen LogP contribution in [0.1, 0.15) is 107 Å². The van der Waals surface area contributed by atoms with Gasteiger partial charge in [-0.2, -0.15) is 0 Å². The van der Waals surface area contributed by atoms with Gasteiger partial charge in [0.15, 0.2) is 0 Å². The minimum Gasteiger partial charge on any atom is -0.363 e. The van der Waals surface area contributed by atoms with Crippen LogP contribution in [0.3, 0.4) is 0 Å². The predicted octanol–water partition coefficient (Wildman–Crippen LogP) is 3.36. The molecule has 0 radical (unpaired) electrons. The molecule has 1 saturated carbocycles. The van der Waals surface area contributed by atoms with Gasteiger partial charge < -0.3 is 31.8 Å². The molecule has 13 heteroatoms. The maximum Gasteiger partial charge on any atom is 0.315 e. The number of urea groups is 1. The van der Waals surface area contributed by atoms with Crippen molar-refractivity contribution in [2.24, 2.45) is 17.1 Å². The Morgan fingerprint density at radius 3 is 2.05 bits per heavy atom. The lowest BCUT2D eigenvalue weighted by Gasteiger charge is -2.36. The Labute approximate surface area is 262 Å². The molecule has 1 aliphatic carbocycles. The van der Waals surface area contributed by atoms with Crippen LogP contribution in [0.5, 0.6) is 0 Å². The van der Waals surface area contributed by atoms with E-state index in [1.54, 1.807) is 0 Å². The molecular formula is C30H56N6O6S. The first kappa shape index (κ1) is 38.6. The second-order valence-corrected chi connectivity index (χ2v) is 15.1. The summed E-state index contributed by atoms with van der Waals surface area (Å²) in [6.07, 6.45) is 4.79. The van der Waals surface area contributed by atoms with Crippen molar-refractivity contribution in [1.29, 1.82) is 0 Å². The summed E-state index contributed by atoms with van der Waals surface area (Å²) >= 11 is 1.26. The minimum absolute atomic E-state index is 0.195. The summed E-state index contributed by atoms with van der Waals surface area (Å²) in [4.78, 5) is 65.7. The van der Waals surface area contributed by atoms with Crippen molar-refractivity contribution < 1.29 is 29.2 Å². The van der Waals surface area contributed by atoms with Crippen LogP contribution in [0.2, 0.25) is 0 Å². The Morgan fingerprint density at radius 2 is 1.58 bits per heavy atom. The van der Waals surface area contributed by atoms with Crippen LogP contribution in [0.25, 0.3) is 0 Å². The van der Waals surface area contributed by atoms with Gasteiger partial charge in [-0.3, -0.25) is 19.2 Å². The first-order valence-electron chi connectivity index (χ1n) is 15.6. The van der Waals surface area contributed by atoms with Gasteiger partial charge in [-0.25, -0.2) is 4.79 Å². The van der Waals surface area contributed by atoms with Crippen LogP contribution in [-0.2, 0) is 19.2 Å². The zero-order chi connectivity index (χ0) is 33.1. The summed E-state index contributed by atoms with van der Waals surface area (Å²) < 4.78 is 0.900. The molecule has 4 atom stereocenters. The van der Waals surface area contributed by atoms with Crippen molar-refractivity contribution in [1.82, 2.24) is 25.3 Å². The number of rotatable bonds is 13. The molecule has 6 N–H and O–H groups in total. The van der Waals surface area contributed by atoms with Gasteiger partial charge in [-0.15, -0.1) is 4.47 Å². The Hall–Kier alpha value is -2.38. The molecule has 0 bridgehead atoms. The number of hydroxylamine groups is 1. The van der Waals surface area contributed by atoms with Gasteiger partial charge in [0.05, 0.1) is 12.6 Å². The van der Waals surface area contributed by atoms with Crippen LogP contribution in [0.15, 0.2) is 0 Å². The fraction of sp³-hybridized carbons (Fsp3) is 0.833. The van der Waals surface area contributed by atoms with Gasteiger partial charge in [0.25, 0.3) is 5.91 Å². The summed E-state index contributed by atoms with van der Waals surface area (Å²) in [6.45, 7) is 17.8. The third-order valence-corrected chi connectivity index (χ3v) is 8.39. The number of Topliss-reactive ketones (excluding diaryl/α,β-unsaturated/α-hetero) is 1. The van der Waals surface area contributed by atoms with E-state index in [0.717, 1.165) is 23.7 Å². The minimum atomic E-state index is -1.09. The quantitative estimate of drug-likeness (QED) is 0.117. The number of ketones is 1. The van der Waals surface area contributed by atoms with E-state index in [4.69, 9.17) is 5.73 Å². The van der Waals surface area contributed by atoms with Crippen LogP contribution in [0.4, 0.5) is 4.79 Å². The molecule has 43 heavy (non-hydrogen) atoms. The third kappa shape index (κ3) is 12.6. The van der Waals surface area contributed by atoms with Crippen molar-refractivity contribution in [2.75, 3.05) is 13.1 Å². The van der Waals surface area contributed by atoms with Gasteiger partial charge in [0, 0.05) is 17.3 Å². The second-order valence-electron chi connectivity index (χ2n) is 13.3. The highest BCUT2D eigenvalue weighted by molar-refractivity contribution is 7.98. The lowest BCUT2D eigenvalue weighted by molar-refractivity contribution is -0.143. The molecule has 2 aliphatic rings. The molecule has 5 amide bonds. The lowest BCUT2D eigenvalue weighted by Crippen LogP contribution is -2.60. The highest BCUT2D eigenvalue weighted by Gasteiger charge is 2.43. The highest BCUT2D eigenvalue weighted by Crippen LogP contribution is 2.31. The van der Waals surface area contributed by atoms with Crippen LogP contribution < -0.4 is 21.7 Å². The standard InChI is InChI=1S/C28H50N6O6S.C2H6/c1-8-18(16-34(40)41-28(5,6)7)30-26(39)32-22(27(2,3)4)25(38)33-14-10-13-20(33)24(37)31-19(21(35)23(29)36)15-17-11-9-12-17;1-2/h17-20,22,40H,8-16H2,1-7H3,(H2,29,36)(H,31,37)(H2,30,32,39);1-2H3/t18-,19?,20-,22?;/m0./s1. The Kier molecular flexibility index (Phi) is 15.5. The van der Waals surface area contributed by atoms with Crippen molar-refractivity contribution in [2.45, 2.75) is 136 Å². The highest BCUT2D eigenvalue weighted by atomic mass is 32.2. The monoisotopic (exact) mass is 628 g/mol. The zero-order valence-corrected chi connectivity index (χ0v) is 28.4. The average molecular weight is 629 g/mol. The topological polar surface area (TPSA) is 174 Å². The number of carbonyl (C=O) groups excluding carboxylic acids is 5. The molecule has 1 heterocycles. The second kappa shape index (κ2) is 17.2. The molecule has 0 aromatic carbocycles. The number of nitrogens with two attached hydrogens (primary N) is 1. The molecule has 1 saturated heterocycles. The van der Waals surface area contributed by atoms with E-state index in [2.05, 4.69) is 16.0 Å². The zero-order valence-electron chi connectivity index (χ0n) is 27.6. The number of hydrogen-bond acceptors (Lipinski definition) is 8. The number of hydrogen-bond donors (Lipinski definition) is 5.